The molecule has 5 heteroatoms. The number of rotatable bonds is 5. The Hall–Kier alpha value is -0.580. The molecule has 0 saturated heterocycles. The van der Waals surface area contributed by atoms with Gasteiger partial charge in [0, 0.05) is 0 Å². The van der Waals surface area contributed by atoms with Crippen molar-refractivity contribution in [3.05, 3.63) is 12.7 Å². The molecule has 0 aromatic rings. The fraction of sp³-hybridized carbons (Fsp3) is 0.727. The first kappa shape index (κ1) is 17.8. The summed E-state index contributed by atoms with van der Waals surface area (Å²) in [6.45, 7) is 11.1. The second-order valence-electron chi connectivity index (χ2n) is 4.38. The largest absolute Gasteiger partial charge is 0.460 e. The van der Waals surface area contributed by atoms with Crippen LogP contribution in [0.15, 0.2) is 12.7 Å². The Balaban J connectivity index is 0. The molecule has 2 atom stereocenters. The van der Waals surface area contributed by atoms with Crippen LogP contribution in [0.3, 0.4) is 0 Å². The van der Waals surface area contributed by atoms with E-state index in [2.05, 4.69) is 6.58 Å². The summed E-state index contributed by atoms with van der Waals surface area (Å²) in [5.41, 5.74) is 5.35. The van der Waals surface area contributed by atoms with Gasteiger partial charge in [-0.05, 0) is 27.7 Å². The Labute approximate surface area is 104 Å². The number of esters is 1. The lowest BCUT2D eigenvalue weighted by Crippen LogP contribution is -2.45. The Morgan fingerprint density at radius 2 is 2.00 bits per heavy atom. The van der Waals surface area contributed by atoms with E-state index < -0.39 is 12.0 Å². The molecule has 4 nitrogen and oxygen atoms in total. The molecule has 2 N–H and O–H groups in total. The molecule has 0 aliphatic rings. The van der Waals surface area contributed by atoms with Crippen LogP contribution in [0.1, 0.15) is 27.7 Å². The summed E-state index contributed by atoms with van der Waals surface area (Å²) < 4.78 is 10.4. The molecule has 0 aliphatic heterocycles. The topological polar surface area (TPSA) is 61.5 Å². The molecule has 0 saturated carbocycles. The summed E-state index contributed by atoms with van der Waals surface area (Å²) >= 11 is 0. The number of halogens is 1. The minimum absolute atomic E-state index is 0. The highest BCUT2D eigenvalue weighted by atomic mass is 35.5. The normalized spacial score (nSPS) is 14.6. The lowest BCUT2D eigenvalue weighted by molar-refractivity contribution is -0.150. The van der Waals surface area contributed by atoms with Crippen molar-refractivity contribution in [2.75, 3.05) is 6.61 Å². The maximum atomic E-state index is 11.4. The molecule has 0 spiro atoms. The second-order valence-corrected chi connectivity index (χ2v) is 4.38. The quantitative estimate of drug-likeness (QED) is 0.596. The standard InChI is InChI=1S/C11H21NO3.ClH/c1-6-7-14-10(13)9(12)8(2)15-11(3,4)5;/h6,8-9H,1,7,12H2,2-5H3;1H. The molecule has 96 valence electrons. The zero-order chi connectivity index (χ0) is 12.1. The van der Waals surface area contributed by atoms with Gasteiger partial charge in [0.15, 0.2) is 0 Å². The Bertz CT molecular complexity index is 226. The van der Waals surface area contributed by atoms with Crippen LogP contribution in [0.5, 0.6) is 0 Å². The van der Waals surface area contributed by atoms with Gasteiger partial charge in [-0.1, -0.05) is 12.7 Å². The molecule has 2 unspecified atom stereocenters. The van der Waals surface area contributed by atoms with Gasteiger partial charge < -0.3 is 15.2 Å². The number of hydrogen-bond donors (Lipinski definition) is 1. The Kier molecular flexibility index (Phi) is 8.52. The number of hydrogen-bond acceptors (Lipinski definition) is 4. The highest BCUT2D eigenvalue weighted by molar-refractivity contribution is 5.85. The van der Waals surface area contributed by atoms with Crippen molar-refractivity contribution in [2.24, 2.45) is 5.73 Å². The van der Waals surface area contributed by atoms with Crippen molar-refractivity contribution in [1.29, 1.82) is 0 Å². The van der Waals surface area contributed by atoms with E-state index in [0.29, 0.717) is 0 Å². The summed E-state index contributed by atoms with van der Waals surface area (Å²) in [6, 6.07) is -0.760. The van der Waals surface area contributed by atoms with Crippen molar-refractivity contribution >= 4 is 18.4 Å². The fourth-order valence-corrected chi connectivity index (χ4v) is 1.06. The van der Waals surface area contributed by atoms with Crippen molar-refractivity contribution in [1.82, 2.24) is 0 Å². The van der Waals surface area contributed by atoms with Crippen LogP contribution in [0.4, 0.5) is 0 Å². The summed E-state index contributed by atoms with van der Waals surface area (Å²) in [5.74, 6) is -0.466. The second kappa shape index (κ2) is 7.65. The van der Waals surface area contributed by atoms with Gasteiger partial charge in [-0.25, -0.2) is 0 Å². The van der Waals surface area contributed by atoms with E-state index in [1.807, 2.05) is 20.8 Å². The summed E-state index contributed by atoms with van der Waals surface area (Å²) in [6.07, 6.45) is 1.13. The van der Waals surface area contributed by atoms with E-state index in [0.717, 1.165) is 0 Å². The first-order chi connectivity index (χ1) is 6.78. The zero-order valence-corrected chi connectivity index (χ0v) is 11.2. The van der Waals surface area contributed by atoms with Crippen molar-refractivity contribution in [3.63, 3.8) is 0 Å². The molecular formula is C11H22ClNO3. The SMILES string of the molecule is C=CCOC(=O)C(N)C(C)OC(C)(C)C.Cl. The van der Waals surface area contributed by atoms with Crippen molar-refractivity contribution in [2.45, 2.75) is 45.4 Å². The molecule has 0 fully saturated rings. The molecule has 0 rings (SSSR count). The maximum absolute atomic E-state index is 11.4. The fourth-order valence-electron chi connectivity index (χ4n) is 1.06. The molecule has 0 aromatic carbocycles. The van der Waals surface area contributed by atoms with Crippen LogP contribution in [-0.4, -0.2) is 30.3 Å². The minimum Gasteiger partial charge on any atom is -0.460 e. The molecule has 0 bridgehead atoms. The van der Waals surface area contributed by atoms with Crippen LogP contribution in [0.25, 0.3) is 0 Å². The van der Waals surface area contributed by atoms with Crippen LogP contribution < -0.4 is 5.73 Å². The summed E-state index contributed by atoms with van der Waals surface area (Å²) in [4.78, 5) is 11.4. The first-order valence-electron chi connectivity index (χ1n) is 4.99. The molecule has 16 heavy (non-hydrogen) atoms. The van der Waals surface area contributed by atoms with E-state index >= 15 is 0 Å². The van der Waals surface area contributed by atoms with E-state index in [4.69, 9.17) is 15.2 Å². The molecule has 0 radical (unpaired) electrons. The van der Waals surface area contributed by atoms with Crippen LogP contribution >= 0.6 is 12.4 Å². The average Bonchev–Trinajstić information content (AvgIpc) is 2.10. The first-order valence-corrected chi connectivity index (χ1v) is 4.99. The minimum atomic E-state index is -0.760. The monoisotopic (exact) mass is 251 g/mol. The predicted octanol–water partition coefficient (Wildman–Crippen LogP) is 1.67. The van der Waals surface area contributed by atoms with Gasteiger partial charge in [-0.2, -0.15) is 0 Å². The van der Waals surface area contributed by atoms with Gasteiger partial charge in [0.2, 0.25) is 0 Å². The number of ether oxygens (including phenoxy) is 2. The third kappa shape index (κ3) is 7.68. The van der Waals surface area contributed by atoms with Crippen LogP contribution in [0, 0.1) is 0 Å². The smallest absolute Gasteiger partial charge is 0.325 e. The van der Waals surface area contributed by atoms with Crippen molar-refractivity contribution in [3.8, 4) is 0 Å². The van der Waals surface area contributed by atoms with Gasteiger partial charge in [-0.15, -0.1) is 12.4 Å². The van der Waals surface area contributed by atoms with Crippen LogP contribution in [-0.2, 0) is 14.3 Å². The lowest BCUT2D eigenvalue weighted by Gasteiger charge is -2.27. The highest BCUT2D eigenvalue weighted by Crippen LogP contribution is 2.12. The molecule has 0 aliphatic carbocycles. The molecule has 0 heterocycles. The number of carbonyl (C=O) groups excluding carboxylic acids is 1. The van der Waals surface area contributed by atoms with E-state index in [1.165, 1.54) is 6.08 Å². The third-order valence-corrected chi connectivity index (χ3v) is 1.66. The number of nitrogens with two attached hydrogens (primary N) is 1. The van der Waals surface area contributed by atoms with E-state index in [9.17, 15) is 4.79 Å². The van der Waals surface area contributed by atoms with E-state index in [-0.39, 0.29) is 30.7 Å². The van der Waals surface area contributed by atoms with Gasteiger partial charge in [0.1, 0.15) is 12.6 Å². The predicted molar refractivity (Wildman–Crippen MR) is 66.7 cm³/mol. The Morgan fingerprint density at radius 3 is 2.38 bits per heavy atom. The van der Waals surface area contributed by atoms with E-state index in [1.54, 1.807) is 6.92 Å². The van der Waals surface area contributed by atoms with Gasteiger partial charge >= 0.3 is 5.97 Å². The lowest BCUT2D eigenvalue weighted by atomic mass is 10.1. The van der Waals surface area contributed by atoms with Gasteiger partial charge in [-0.3, -0.25) is 4.79 Å². The molecular weight excluding hydrogens is 230 g/mol. The van der Waals surface area contributed by atoms with Crippen LogP contribution in [0.2, 0.25) is 0 Å². The average molecular weight is 252 g/mol. The molecule has 0 aromatic heterocycles. The third-order valence-electron chi connectivity index (χ3n) is 1.66. The Morgan fingerprint density at radius 1 is 1.50 bits per heavy atom. The number of carbonyl (C=O) groups is 1. The summed E-state index contributed by atoms with van der Waals surface area (Å²) in [5, 5.41) is 0. The summed E-state index contributed by atoms with van der Waals surface area (Å²) in [7, 11) is 0. The zero-order valence-electron chi connectivity index (χ0n) is 10.4. The van der Waals surface area contributed by atoms with Gasteiger partial charge in [0.05, 0.1) is 11.7 Å². The van der Waals surface area contributed by atoms with Crippen molar-refractivity contribution < 1.29 is 14.3 Å². The highest BCUT2D eigenvalue weighted by Gasteiger charge is 2.26. The molecule has 0 amide bonds. The maximum Gasteiger partial charge on any atom is 0.325 e. The van der Waals surface area contributed by atoms with Gasteiger partial charge in [0.25, 0.3) is 0 Å².